The second kappa shape index (κ2) is 30.2. The number of primary amides is 1. The number of unbranched alkanes of at least 4 members (excludes halogenated alkanes) is 1. The molecule has 6 amide bonds. The highest BCUT2D eigenvalue weighted by Gasteiger charge is 2.31. The number of hydrogen-bond donors (Lipinski definition) is 11. The first-order valence-corrected chi connectivity index (χ1v) is 25.5. The van der Waals surface area contributed by atoms with Crippen molar-refractivity contribution in [3.63, 3.8) is 0 Å². The summed E-state index contributed by atoms with van der Waals surface area (Å²) in [7, 11) is 0. The molecule has 1 saturated heterocycles. The number of hydrogen-bond acceptors (Lipinski definition) is 16. The van der Waals surface area contributed by atoms with E-state index in [4.69, 9.17) is 5.73 Å². The van der Waals surface area contributed by atoms with Crippen LogP contribution in [0.4, 0.5) is 4.79 Å². The smallest absolute Gasteiger partial charge is 0.440 e. The summed E-state index contributed by atoms with van der Waals surface area (Å²) < 4.78 is 4.93. The summed E-state index contributed by atoms with van der Waals surface area (Å²) in [5.74, 6) is -8.17. The summed E-state index contributed by atoms with van der Waals surface area (Å²) in [6, 6.07) is 8.04. The first kappa shape index (κ1) is 60.2. The number of aromatic nitrogens is 2. The quantitative estimate of drug-likeness (QED) is 0.0364. The third kappa shape index (κ3) is 21.1. The van der Waals surface area contributed by atoms with Gasteiger partial charge in [0.15, 0.2) is 0 Å². The first-order chi connectivity index (χ1) is 36.7. The summed E-state index contributed by atoms with van der Waals surface area (Å²) in [4.78, 5) is 144. The minimum absolute atomic E-state index is 0.0184. The maximum atomic E-state index is 13.9. The molecule has 1 saturated carbocycles. The molecule has 2 fully saturated rings. The lowest BCUT2D eigenvalue weighted by Crippen LogP contribution is -2.52. The molecular formula is C49H70N12O16. The molecule has 2 aliphatic rings. The van der Waals surface area contributed by atoms with E-state index in [-0.39, 0.29) is 76.1 Å². The van der Waals surface area contributed by atoms with E-state index >= 15 is 0 Å². The number of carboxylic acid groups (broad SMARTS) is 4. The minimum Gasteiger partial charge on any atom is -0.480 e. The predicted molar refractivity (Wildman–Crippen MR) is 273 cm³/mol. The van der Waals surface area contributed by atoms with E-state index in [0.717, 1.165) is 16.3 Å². The van der Waals surface area contributed by atoms with E-state index in [9.17, 15) is 73.2 Å². The maximum absolute atomic E-state index is 13.9. The molecule has 28 heteroatoms. The molecular weight excluding hydrogens is 1010 g/mol. The topological polar surface area (TPSA) is 402 Å². The lowest BCUT2D eigenvalue weighted by Gasteiger charge is -2.33. The zero-order chi connectivity index (χ0) is 56.0. The van der Waals surface area contributed by atoms with Crippen molar-refractivity contribution in [1.82, 2.24) is 55.9 Å². The molecule has 1 aliphatic carbocycles. The van der Waals surface area contributed by atoms with Crippen LogP contribution in [0.15, 0.2) is 56.6 Å². The number of aromatic amines is 1. The van der Waals surface area contributed by atoms with Crippen molar-refractivity contribution in [2.75, 3.05) is 91.6 Å². The fraction of sp³-hybridized carbons (Fsp3) is 0.571. The van der Waals surface area contributed by atoms with Gasteiger partial charge in [-0.25, -0.2) is 29.0 Å². The van der Waals surface area contributed by atoms with Crippen molar-refractivity contribution in [1.29, 1.82) is 0 Å². The number of urea groups is 1. The Kier molecular flexibility index (Phi) is 23.6. The SMILES string of the molecule is NC(=O)CN1CCN(CC(=O)O)CCN(CC(=O)NC[C@H]2CC[C@H](C(=O)N[C@@H](Cc3ccc4ccccc4c3)C(=O)NCCCC[C@H](NC(=O)N[C@@H](Cn3oc(=O)[nH]c3=O)C(=O)O)C(=O)O)CC2)CCN(CC(=O)O)CC1. The highest BCUT2D eigenvalue weighted by Crippen LogP contribution is 2.29. The van der Waals surface area contributed by atoms with Crippen molar-refractivity contribution in [3.05, 3.63) is 69.1 Å². The van der Waals surface area contributed by atoms with E-state index in [0.29, 0.717) is 89.3 Å². The van der Waals surface area contributed by atoms with Gasteiger partial charge in [-0.05, 0) is 67.2 Å². The Labute approximate surface area is 441 Å². The second-order valence-electron chi connectivity index (χ2n) is 19.4. The Bertz CT molecular complexity index is 2620. The van der Waals surface area contributed by atoms with Crippen molar-refractivity contribution < 1.29 is 68.1 Å². The van der Waals surface area contributed by atoms with Crippen molar-refractivity contribution >= 4 is 64.3 Å². The molecule has 0 spiro atoms. The van der Waals surface area contributed by atoms with Gasteiger partial charge in [-0.15, -0.1) is 4.74 Å². The highest BCUT2D eigenvalue weighted by atomic mass is 16.5. The van der Waals surface area contributed by atoms with Crippen LogP contribution in [0.3, 0.4) is 0 Å². The van der Waals surface area contributed by atoms with Gasteiger partial charge in [0.05, 0.1) is 32.7 Å². The summed E-state index contributed by atoms with van der Waals surface area (Å²) in [5.41, 5.74) is 5.18. The fourth-order valence-corrected chi connectivity index (χ4v) is 9.27. The van der Waals surface area contributed by atoms with Crippen LogP contribution in [0.1, 0.15) is 50.5 Å². The molecule has 0 radical (unpaired) electrons. The Morgan fingerprint density at radius 2 is 1.21 bits per heavy atom. The van der Waals surface area contributed by atoms with Gasteiger partial charge >= 0.3 is 41.4 Å². The number of carbonyl (C=O) groups excluding carboxylic acids is 5. The number of H-pyrrole nitrogens is 1. The molecule has 0 unspecified atom stereocenters. The molecule has 12 N–H and O–H groups in total. The van der Waals surface area contributed by atoms with Crippen LogP contribution in [0, 0.1) is 11.8 Å². The molecule has 28 nitrogen and oxygen atoms in total. The Hall–Kier alpha value is -7.69. The number of fused-ring (bicyclic) bond motifs is 1. The second-order valence-corrected chi connectivity index (χ2v) is 19.4. The molecule has 0 bridgehead atoms. The van der Waals surface area contributed by atoms with Crippen LogP contribution >= 0.6 is 0 Å². The molecule has 3 atom stereocenters. The highest BCUT2D eigenvalue weighted by molar-refractivity contribution is 5.89. The van der Waals surface area contributed by atoms with Crippen LogP contribution in [0.25, 0.3) is 10.8 Å². The molecule has 2 heterocycles. The average molecular weight is 1080 g/mol. The monoisotopic (exact) mass is 1080 g/mol. The van der Waals surface area contributed by atoms with Crippen LogP contribution in [-0.4, -0.2) is 213 Å². The number of rotatable bonds is 26. The summed E-state index contributed by atoms with van der Waals surface area (Å²) in [5, 5.41) is 53.4. The Balaban J connectivity index is 1.11. The average Bonchev–Trinajstić information content (AvgIpc) is 3.70. The van der Waals surface area contributed by atoms with E-state index in [2.05, 4.69) is 25.8 Å². The van der Waals surface area contributed by atoms with Gasteiger partial charge < -0.3 is 57.3 Å². The van der Waals surface area contributed by atoms with Crippen LogP contribution in [0.2, 0.25) is 0 Å². The summed E-state index contributed by atoms with van der Waals surface area (Å²) in [6.07, 6.45) is 2.73. The predicted octanol–water partition coefficient (Wildman–Crippen LogP) is -2.70. The van der Waals surface area contributed by atoms with Gasteiger partial charge in [0.1, 0.15) is 18.1 Å². The minimum atomic E-state index is -1.77. The number of carboxylic acids is 4. The number of nitrogens with two attached hydrogens (primary N) is 1. The molecule has 1 aromatic heterocycles. The van der Waals surface area contributed by atoms with Crippen molar-refractivity contribution in [2.24, 2.45) is 17.6 Å². The van der Waals surface area contributed by atoms with Gasteiger partial charge in [-0.1, -0.05) is 42.5 Å². The molecule has 5 rings (SSSR count). The van der Waals surface area contributed by atoms with E-state index in [1.807, 2.05) is 52.7 Å². The largest absolute Gasteiger partial charge is 0.480 e. The van der Waals surface area contributed by atoms with Crippen LogP contribution in [-0.2, 0) is 51.3 Å². The standard InChI is InChI=1S/C49H70N12O16/c50-39(62)27-57-15-19-59(29-41(64)65)21-17-58(18-22-60(20-16-57)30-42(66)67)28-40(63)52-25-31-8-12-34(13-9-31)43(68)53-37(24-32-10-11-33-5-1-2-6-35(33)23-32)44(69)51-14-4-3-7-36(45(70)71)54-47(74)55-38(46(72)73)26-61-48(75)56-49(76)77-61/h1-2,5-6,10-11,23,31,34,36-38H,3-4,7-9,12-22,24-30H2,(H2,50,62)(H,51,69)(H,52,63)(H,53,68)(H,64,65)(H,66,67)(H,70,71)(H,72,73)(H2,54,55,74)(H,56,75,76)/t31-,34-,36-,37-,38-/m0/s1. The molecule has 3 aromatic rings. The number of nitrogens with zero attached hydrogens (tertiary/aromatic N) is 5. The summed E-state index contributed by atoms with van der Waals surface area (Å²) >= 11 is 0. The van der Waals surface area contributed by atoms with Gasteiger partial charge in [-0.2, -0.15) is 0 Å². The van der Waals surface area contributed by atoms with Gasteiger partial charge in [0.25, 0.3) is 0 Å². The van der Waals surface area contributed by atoms with Crippen LogP contribution in [0.5, 0.6) is 0 Å². The van der Waals surface area contributed by atoms with E-state index in [1.165, 1.54) is 0 Å². The first-order valence-electron chi connectivity index (χ1n) is 25.5. The molecule has 77 heavy (non-hydrogen) atoms. The fourth-order valence-electron chi connectivity index (χ4n) is 9.27. The Morgan fingerprint density at radius 1 is 0.649 bits per heavy atom. The van der Waals surface area contributed by atoms with Gasteiger partial charge in [-0.3, -0.25) is 48.4 Å². The van der Waals surface area contributed by atoms with Crippen molar-refractivity contribution in [2.45, 2.75) is 76.0 Å². The summed E-state index contributed by atoms with van der Waals surface area (Å²) in [6.45, 7) is 1.56. The lowest BCUT2D eigenvalue weighted by molar-refractivity contribution is -0.140. The normalized spacial score (nSPS) is 18.5. The third-order valence-corrected chi connectivity index (χ3v) is 13.5. The molecule has 422 valence electrons. The molecule has 1 aliphatic heterocycles. The number of carbonyl (C=O) groups is 9. The molecule has 2 aromatic carbocycles. The zero-order valence-corrected chi connectivity index (χ0v) is 42.7. The van der Waals surface area contributed by atoms with Gasteiger partial charge in [0, 0.05) is 77.8 Å². The van der Waals surface area contributed by atoms with Crippen LogP contribution < -0.4 is 43.8 Å². The third-order valence-electron chi connectivity index (χ3n) is 13.5. The zero-order valence-electron chi connectivity index (χ0n) is 42.7. The van der Waals surface area contributed by atoms with Gasteiger partial charge in [0.2, 0.25) is 23.6 Å². The lowest BCUT2D eigenvalue weighted by atomic mass is 9.81. The number of benzene rings is 2. The van der Waals surface area contributed by atoms with E-state index < -0.39 is 83.8 Å². The number of nitrogens with one attached hydrogen (secondary N) is 6. The maximum Gasteiger partial charge on any atom is 0.440 e. The van der Waals surface area contributed by atoms with Crippen molar-refractivity contribution in [3.8, 4) is 0 Å². The Morgan fingerprint density at radius 3 is 1.75 bits per heavy atom. The number of aliphatic carboxylic acids is 4. The van der Waals surface area contributed by atoms with E-state index in [1.54, 1.807) is 19.7 Å². The number of amides is 6.